The standard InChI is InChI=1S/C14H21BrN2/c1-11(16)13-10-12(15)6-7-14(13)17-8-4-2-3-5-9-17/h6-7,10-11H,2-5,8-9,16H2,1H3. The Labute approximate surface area is 112 Å². The summed E-state index contributed by atoms with van der Waals surface area (Å²) in [5, 5.41) is 0. The Balaban J connectivity index is 2.29. The zero-order valence-electron chi connectivity index (χ0n) is 10.5. The Kier molecular flexibility index (Phi) is 4.46. The molecule has 0 amide bonds. The highest BCUT2D eigenvalue weighted by atomic mass is 79.9. The highest BCUT2D eigenvalue weighted by Crippen LogP contribution is 2.30. The Hall–Kier alpha value is -0.540. The van der Waals surface area contributed by atoms with Crippen molar-refractivity contribution in [3.05, 3.63) is 28.2 Å². The Bertz CT molecular complexity index is 368. The van der Waals surface area contributed by atoms with E-state index in [9.17, 15) is 0 Å². The van der Waals surface area contributed by atoms with Crippen LogP contribution in [0.15, 0.2) is 22.7 Å². The Morgan fingerprint density at radius 3 is 2.41 bits per heavy atom. The van der Waals surface area contributed by atoms with Crippen LogP contribution in [-0.2, 0) is 0 Å². The number of nitrogens with zero attached hydrogens (tertiary/aromatic N) is 1. The largest absolute Gasteiger partial charge is 0.371 e. The topological polar surface area (TPSA) is 29.3 Å². The number of anilines is 1. The molecule has 0 aliphatic carbocycles. The van der Waals surface area contributed by atoms with Gasteiger partial charge in [-0.1, -0.05) is 28.8 Å². The molecule has 0 bridgehead atoms. The van der Waals surface area contributed by atoms with Gasteiger partial charge in [0.1, 0.15) is 0 Å². The van der Waals surface area contributed by atoms with Crippen molar-refractivity contribution < 1.29 is 0 Å². The van der Waals surface area contributed by atoms with Gasteiger partial charge < -0.3 is 10.6 Å². The van der Waals surface area contributed by atoms with Gasteiger partial charge >= 0.3 is 0 Å². The molecule has 17 heavy (non-hydrogen) atoms. The number of hydrogen-bond acceptors (Lipinski definition) is 2. The van der Waals surface area contributed by atoms with Crippen molar-refractivity contribution in [2.75, 3.05) is 18.0 Å². The third-order valence-electron chi connectivity index (χ3n) is 3.43. The Morgan fingerprint density at radius 2 is 1.82 bits per heavy atom. The first kappa shape index (κ1) is 12.9. The van der Waals surface area contributed by atoms with Crippen molar-refractivity contribution in [2.45, 2.75) is 38.6 Å². The molecule has 0 aromatic heterocycles. The van der Waals surface area contributed by atoms with E-state index in [0.717, 1.165) is 4.47 Å². The van der Waals surface area contributed by atoms with E-state index in [-0.39, 0.29) is 6.04 Å². The molecule has 2 rings (SSSR count). The maximum atomic E-state index is 6.08. The predicted octanol–water partition coefficient (Wildman–Crippen LogP) is 3.85. The van der Waals surface area contributed by atoms with Crippen molar-refractivity contribution in [1.82, 2.24) is 0 Å². The minimum absolute atomic E-state index is 0.0887. The summed E-state index contributed by atoms with van der Waals surface area (Å²) in [6, 6.07) is 6.57. The van der Waals surface area contributed by atoms with Gasteiger partial charge in [0.05, 0.1) is 0 Å². The molecule has 94 valence electrons. The summed E-state index contributed by atoms with van der Waals surface area (Å²) in [5.41, 5.74) is 8.66. The molecule has 1 heterocycles. The van der Waals surface area contributed by atoms with Crippen LogP contribution in [0.1, 0.15) is 44.2 Å². The van der Waals surface area contributed by atoms with Gasteiger partial charge in [-0.25, -0.2) is 0 Å². The first-order chi connectivity index (χ1) is 8.18. The zero-order chi connectivity index (χ0) is 12.3. The summed E-state index contributed by atoms with van der Waals surface area (Å²) < 4.78 is 1.11. The molecule has 3 heteroatoms. The fourth-order valence-electron chi connectivity index (χ4n) is 2.49. The van der Waals surface area contributed by atoms with Gasteiger partial charge in [-0.15, -0.1) is 0 Å². The van der Waals surface area contributed by atoms with E-state index in [0.29, 0.717) is 0 Å². The van der Waals surface area contributed by atoms with Crippen LogP contribution in [0, 0.1) is 0 Å². The SMILES string of the molecule is CC(N)c1cc(Br)ccc1N1CCCCCC1. The number of halogens is 1. The molecular weight excluding hydrogens is 276 g/mol. The van der Waals surface area contributed by atoms with Gasteiger partial charge in [-0.2, -0.15) is 0 Å². The predicted molar refractivity (Wildman–Crippen MR) is 77.4 cm³/mol. The molecule has 1 fully saturated rings. The van der Waals surface area contributed by atoms with Gasteiger partial charge in [-0.05, 0) is 43.5 Å². The average Bonchev–Trinajstić information content (AvgIpc) is 2.57. The van der Waals surface area contributed by atoms with E-state index < -0.39 is 0 Å². The second kappa shape index (κ2) is 5.87. The highest BCUT2D eigenvalue weighted by molar-refractivity contribution is 9.10. The summed E-state index contributed by atoms with van der Waals surface area (Å²) >= 11 is 3.53. The van der Waals surface area contributed by atoms with Crippen LogP contribution in [0.25, 0.3) is 0 Å². The van der Waals surface area contributed by atoms with Crippen molar-refractivity contribution in [1.29, 1.82) is 0 Å². The molecule has 1 saturated heterocycles. The number of rotatable bonds is 2. The van der Waals surface area contributed by atoms with Crippen LogP contribution < -0.4 is 10.6 Å². The molecule has 1 unspecified atom stereocenters. The van der Waals surface area contributed by atoms with Crippen molar-refractivity contribution in [3.63, 3.8) is 0 Å². The summed E-state index contributed by atoms with van der Waals surface area (Å²) in [7, 11) is 0. The maximum absolute atomic E-state index is 6.08. The lowest BCUT2D eigenvalue weighted by atomic mass is 10.1. The molecule has 1 aliphatic heterocycles. The molecule has 0 saturated carbocycles. The number of hydrogen-bond donors (Lipinski definition) is 1. The van der Waals surface area contributed by atoms with E-state index in [2.05, 4.69) is 46.0 Å². The van der Waals surface area contributed by atoms with Crippen LogP contribution in [-0.4, -0.2) is 13.1 Å². The van der Waals surface area contributed by atoms with E-state index in [1.165, 1.54) is 50.0 Å². The summed E-state index contributed by atoms with van der Waals surface area (Å²) in [4.78, 5) is 2.50. The van der Waals surface area contributed by atoms with Crippen molar-refractivity contribution in [3.8, 4) is 0 Å². The average molecular weight is 297 g/mol. The van der Waals surface area contributed by atoms with E-state index in [1.54, 1.807) is 0 Å². The highest BCUT2D eigenvalue weighted by Gasteiger charge is 2.15. The smallest absolute Gasteiger partial charge is 0.0415 e. The Morgan fingerprint density at radius 1 is 1.18 bits per heavy atom. The van der Waals surface area contributed by atoms with Gasteiger partial charge in [0, 0.05) is 29.3 Å². The first-order valence-electron chi connectivity index (χ1n) is 6.48. The minimum Gasteiger partial charge on any atom is -0.371 e. The van der Waals surface area contributed by atoms with Gasteiger partial charge in [-0.3, -0.25) is 0 Å². The van der Waals surface area contributed by atoms with Gasteiger partial charge in [0.15, 0.2) is 0 Å². The lowest BCUT2D eigenvalue weighted by Crippen LogP contribution is -2.26. The second-order valence-electron chi connectivity index (χ2n) is 4.89. The first-order valence-corrected chi connectivity index (χ1v) is 7.28. The monoisotopic (exact) mass is 296 g/mol. The summed E-state index contributed by atoms with van der Waals surface area (Å²) in [5.74, 6) is 0. The van der Waals surface area contributed by atoms with E-state index in [1.807, 2.05) is 0 Å². The summed E-state index contributed by atoms with van der Waals surface area (Å²) in [6.07, 6.45) is 5.32. The fourth-order valence-corrected chi connectivity index (χ4v) is 2.87. The molecule has 2 N–H and O–H groups in total. The van der Waals surface area contributed by atoms with E-state index >= 15 is 0 Å². The molecular formula is C14H21BrN2. The fraction of sp³-hybridized carbons (Fsp3) is 0.571. The normalized spacial score (nSPS) is 18.9. The molecule has 1 atom stereocenters. The minimum atomic E-state index is 0.0887. The zero-order valence-corrected chi connectivity index (χ0v) is 12.0. The van der Waals surface area contributed by atoms with Gasteiger partial charge in [0.25, 0.3) is 0 Å². The van der Waals surface area contributed by atoms with Crippen molar-refractivity contribution >= 4 is 21.6 Å². The lowest BCUT2D eigenvalue weighted by Gasteiger charge is -2.27. The van der Waals surface area contributed by atoms with Crippen LogP contribution in [0.5, 0.6) is 0 Å². The molecule has 1 aromatic rings. The van der Waals surface area contributed by atoms with E-state index in [4.69, 9.17) is 5.73 Å². The molecule has 1 aromatic carbocycles. The third kappa shape index (κ3) is 3.23. The quantitative estimate of drug-likeness (QED) is 0.898. The number of benzene rings is 1. The van der Waals surface area contributed by atoms with Crippen LogP contribution >= 0.6 is 15.9 Å². The van der Waals surface area contributed by atoms with Gasteiger partial charge in [0.2, 0.25) is 0 Å². The van der Waals surface area contributed by atoms with Crippen LogP contribution in [0.3, 0.4) is 0 Å². The second-order valence-corrected chi connectivity index (χ2v) is 5.81. The van der Waals surface area contributed by atoms with Crippen molar-refractivity contribution in [2.24, 2.45) is 5.73 Å². The molecule has 0 radical (unpaired) electrons. The lowest BCUT2D eigenvalue weighted by molar-refractivity contribution is 0.726. The molecule has 2 nitrogen and oxygen atoms in total. The van der Waals surface area contributed by atoms with Crippen LogP contribution in [0.4, 0.5) is 5.69 Å². The third-order valence-corrected chi connectivity index (χ3v) is 3.92. The maximum Gasteiger partial charge on any atom is 0.0415 e. The molecule has 0 spiro atoms. The number of nitrogens with two attached hydrogens (primary N) is 1. The summed E-state index contributed by atoms with van der Waals surface area (Å²) in [6.45, 7) is 4.39. The van der Waals surface area contributed by atoms with Crippen LogP contribution in [0.2, 0.25) is 0 Å². The molecule has 1 aliphatic rings.